The van der Waals surface area contributed by atoms with E-state index < -0.39 is 48.3 Å². The number of thioether (sulfide) groups is 1. The van der Waals surface area contributed by atoms with Crippen molar-refractivity contribution in [3.63, 3.8) is 0 Å². The number of rotatable bonds is 11. The first-order chi connectivity index (χ1) is 19.3. The highest BCUT2D eigenvalue weighted by Crippen LogP contribution is 2.29. The Morgan fingerprint density at radius 3 is 1.63 bits per heavy atom. The van der Waals surface area contributed by atoms with E-state index >= 15 is 0 Å². The van der Waals surface area contributed by atoms with Crippen molar-refractivity contribution >= 4 is 35.6 Å². The van der Waals surface area contributed by atoms with Crippen LogP contribution in [0.1, 0.15) is 44.1 Å². The monoisotopic (exact) mass is 604 g/mol. The minimum Gasteiger partial charge on any atom is -0.479 e. The molecule has 2 aliphatic rings. The number of aliphatic hydroxyl groups is 4. The maximum atomic E-state index is 9.77. The van der Waals surface area contributed by atoms with E-state index in [4.69, 9.17) is 40.9 Å². The van der Waals surface area contributed by atoms with Crippen molar-refractivity contribution in [3.05, 3.63) is 29.8 Å². The van der Waals surface area contributed by atoms with Crippen molar-refractivity contribution in [2.24, 2.45) is 0 Å². The molecule has 0 amide bonds. The molecule has 2 fully saturated rings. The summed E-state index contributed by atoms with van der Waals surface area (Å²) in [6, 6.07) is 10.5. The van der Waals surface area contributed by atoms with Gasteiger partial charge in [0.05, 0.1) is 0 Å². The molecule has 0 unspecified atom stereocenters. The van der Waals surface area contributed by atoms with Gasteiger partial charge >= 0.3 is 23.9 Å². The lowest BCUT2D eigenvalue weighted by atomic mass is 9.92. The van der Waals surface area contributed by atoms with Crippen LogP contribution in [0, 0.1) is 0 Å². The van der Waals surface area contributed by atoms with Crippen LogP contribution < -0.4 is 5.32 Å². The van der Waals surface area contributed by atoms with E-state index in [0.29, 0.717) is 0 Å². The largest absolute Gasteiger partial charge is 0.479 e. The molecule has 0 spiro atoms. The first-order valence-electron chi connectivity index (χ1n) is 13.0. The molecule has 1 aliphatic heterocycles. The van der Waals surface area contributed by atoms with Gasteiger partial charge in [0.25, 0.3) is 0 Å². The molecule has 15 heteroatoms. The van der Waals surface area contributed by atoms with Crippen LogP contribution in [0.5, 0.6) is 0 Å². The number of carboxylic acid groups (broad SMARTS) is 4. The number of hydrogen-bond donors (Lipinski definition) is 9. The Bertz CT molecular complexity index is 913. The molecule has 14 nitrogen and oxygen atoms in total. The summed E-state index contributed by atoms with van der Waals surface area (Å²) in [7, 11) is 0. The van der Waals surface area contributed by atoms with Crippen LogP contribution >= 0.6 is 11.8 Å². The molecule has 1 aromatic carbocycles. The minimum atomic E-state index is -2.27. The van der Waals surface area contributed by atoms with Crippen LogP contribution in [-0.4, -0.2) is 125 Å². The van der Waals surface area contributed by atoms with Gasteiger partial charge in [-0.2, -0.15) is 0 Å². The molecular formula is C26H40N2O12S. The zero-order chi connectivity index (χ0) is 31.1. The molecule has 0 radical (unpaired) electrons. The van der Waals surface area contributed by atoms with Gasteiger partial charge in [-0.1, -0.05) is 37.5 Å². The molecule has 1 aliphatic carbocycles. The van der Waals surface area contributed by atoms with Gasteiger partial charge in [-0.05, 0) is 43.7 Å². The van der Waals surface area contributed by atoms with Crippen molar-refractivity contribution in [3.8, 4) is 0 Å². The van der Waals surface area contributed by atoms with Gasteiger partial charge in [-0.3, -0.25) is 4.90 Å². The summed E-state index contributed by atoms with van der Waals surface area (Å²) in [6.07, 6.45) is 1.53. The van der Waals surface area contributed by atoms with E-state index in [1.807, 2.05) is 11.8 Å². The zero-order valence-electron chi connectivity index (χ0n) is 22.7. The standard InChI is InChI=1S/C18H28N2S.2C4H6O6/c1-21-18-10-6-5-7-15(18)14-20(17-11-12-19-13-17)16-8-3-2-4-9-16;2*5-1(3(7)8)2(6)4(9)10/h5-7,10,16-17,19H,2-4,8-9,11-14H2,1H3;2*1-2,5-6H,(H,7,8)(H,9,10)/t17-;2*1-,2-/m000/s1. The average Bonchev–Trinajstić information content (AvgIpc) is 3.50. The molecule has 41 heavy (non-hydrogen) atoms. The third-order valence-electron chi connectivity index (χ3n) is 6.70. The average molecular weight is 605 g/mol. The third-order valence-corrected chi connectivity index (χ3v) is 7.54. The lowest BCUT2D eigenvalue weighted by Gasteiger charge is -2.38. The summed E-state index contributed by atoms with van der Waals surface area (Å²) in [5, 5.41) is 68.6. The SMILES string of the molecule is CSc1ccccc1CN(C1CCCCC1)[C@H]1CCNC1.O=C(O)[C@@H](O)[C@H](O)C(=O)O.O=C(O)[C@@H](O)[C@H](O)C(=O)O. The van der Waals surface area contributed by atoms with Gasteiger partial charge in [0.2, 0.25) is 0 Å². The van der Waals surface area contributed by atoms with Crippen molar-refractivity contribution in [2.45, 2.75) is 86.5 Å². The number of aliphatic hydroxyl groups excluding tert-OH is 4. The fourth-order valence-corrected chi connectivity index (χ4v) is 5.07. The van der Waals surface area contributed by atoms with Crippen molar-refractivity contribution in [2.75, 3.05) is 19.3 Å². The fraction of sp³-hybridized carbons (Fsp3) is 0.615. The molecular weight excluding hydrogens is 564 g/mol. The van der Waals surface area contributed by atoms with Gasteiger partial charge in [-0.15, -0.1) is 11.8 Å². The molecule has 1 heterocycles. The molecule has 9 N–H and O–H groups in total. The van der Waals surface area contributed by atoms with Crippen LogP contribution in [0.3, 0.4) is 0 Å². The van der Waals surface area contributed by atoms with Crippen molar-refractivity contribution < 1.29 is 60.0 Å². The summed E-state index contributed by atoms with van der Waals surface area (Å²) in [6.45, 7) is 3.50. The Labute approximate surface area is 241 Å². The second-order valence-electron chi connectivity index (χ2n) is 9.55. The summed E-state index contributed by atoms with van der Waals surface area (Å²) < 4.78 is 0. The van der Waals surface area contributed by atoms with Gasteiger partial charge in [0, 0.05) is 30.1 Å². The number of aliphatic carboxylic acids is 4. The number of benzene rings is 1. The van der Waals surface area contributed by atoms with Crippen LogP contribution in [0.4, 0.5) is 0 Å². The number of carboxylic acids is 4. The highest BCUT2D eigenvalue weighted by Gasteiger charge is 2.31. The minimum absolute atomic E-state index is 0.739. The Morgan fingerprint density at radius 2 is 1.24 bits per heavy atom. The Hall–Kier alpha value is -2.79. The summed E-state index contributed by atoms with van der Waals surface area (Å²) in [5.74, 6) is -7.07. The number of hydrogen-bond acceptors (Lipinski definition) is 11. The van der Waals surface area contributed by atoms with E-state index in [-0.39, 0.29) is 0 Å². The number of nitrogens with zero attached hydrogens (tertiary/aromatic N) is 1. The molecule has 1 saturated heterocycles. The third kappa shape index (κ3) is 12.3. The lowest BCUT2D eigenvalue weighted by molar-refractivity contribution is -0.165. The highest BCUT2D eigenvalue weighted by molar-refractivity contribution is 7.98. The van der Waals surface area contributed by atoms with Crippen LogP contribution in [-0.2, 0) is 25.7 Å². The molecule has 0 bridgehead atoms. The van der Waals surface area contributed by atoms with Crippen LogP contribution in [0.25, 0.3) is 0 Å². The van der Waals surface area contributed by atoms with Gasteiger partial charge in [0.1, 0.15) is 0 Å². The maximum absolute atomic E-state index is 9.77. The summed E-state index contributed by atoms with van der Waals surface area (Å²) >= 11 is 1.88. The quantitative estimate of drug-likeness (QED) is 0.147. The predicted molar refractivity (Wildman–Crippen MR) is 146 cm³/mol. The fourth-order valence-electron chi connectivity index (χ4n) is 4.46. The molecule has 232 valence electrons. The summed E-state index contributed by atoms with van der Waals surface area (Å²) in [5.41, 5.74) is 1.52. The highest BCUT2D eigenvalue weighted by atomic mass is 32.2. The van der Waals surface area contributed by atoms with Crippen LogP contribution in [0.15, 0.2) is 29.2 Å². The van der Waals surface area contributed by atoms with Crippen LogP contribution in [0.2, 0.25) is 0 Å². The smallest absolute Gasteiger partial charge is 0.335 e. The topological polar surface area (TPSA) is 245 Å². The predicted octanol–water partition coefficient (Wildman–Crippen LogP) is -0.340. The first kappa shape index (κ1) is 36.2. The Morgan fingerprint density at radius 1 is 0.780 bits per heavy atom. The second kappa shape index (κ2) is 18.6. The Kier molecular flexibility index (Phi) is 16.4. The molecule has 0 aromatic heterocycles. The molecule has 1 saturated carbocycles. The number of carbonyl (C=O) groups is 4. The molecule has 3 rings (SSSR count). The van der Waals surface area contributed by atoms with Gasteiger partial charge in [0.15, 0.2) is 24.4 Å². The lowest BCUT2D eigenvalue weighted by Crippen LogP contribution is -2.44. The Balaban J connectivity index is 0.000000355. The maximum Gasteiger partial charge on any atom is 0.335 e. The van der Waals surface area contributed by atoms with E-state index in [2.05, 4.69) is 40.7 Å². The summed E-state index contributed by atoms with van der Waals surface area (Å²) in [4.78, 5) is 43.4. The normalized spacial score (nSPS) is 19.9. The van der Waals surface area contributed by atoms with E-state index in [1.54, 1.807) is 0 Å². The van der Waals surface area contributed by atoms with Crippen molar-refractivity contribution in [1.29, 1.82) is 0 Å². The van der Waals surface area contributed by atoms with Gasteiger partial charge in [-0.25, -0.2) is 19.2 Å². The van der Waals surface area contributed by atoms with E-state index in [0.717, 1.165) is 18.6 Å². The van der Waals surface area contributed by atoms with E-state index in [9.17, 15) is 19.2 Å². The number of nitrogens with one attached hydrogen (secondary N) is 1. The van der Waals surface area contributed by atoms with Gasteiger partial charge < -0.3 is 46.2 Å². The van der Waals surface area contributed by atoms with Crippen molar-refractivity contribution in [1.82, 2.24) is 10.2 Å². The van der Waals surface area contributed by atoms with E-state index in [1.165, 1.54) is 62.1 Å². The first-order valence-corrected chi connectivity index (χ1v) is 14.3. The molecule has 1 aromatic rings. The second-order valence-corrected chi connectivity index (χ2v) is 10.4. The zero-order valence-corrected chi connectivity index (χ0v) is 23.5. The molecule has 5 atom stereocenters.